The summed E-state index contributed by atoms with van der Waals surface area (Å²) in [6, 6.07) is 6.28. The third-order valence-corrected chi connectivity index (χ3v) is 2.46. The first-order valence-corrected chi connectivity index (χ1v) is 5.62. The van der Waals surface area contributed by atoms with Crippen LogP contribution in [0.4, 0.5) is 5.69 Å². The highest BCUT2D eigenvalue weighted by Gasteiger charge is 2.05. The van der Waals surface area contributed by atoms with Crippen molar-refractivity contribution in [3.05, 3.63) is 47.6 Å². The van der Waals surface area contributed by atoms with Crippen molar-refractivity contribution in [2.45, 2.75) is 27.7 Å². The highest BCUT2D eigenvalue weighted by Crippen LogP contribution is 2.30. The summed E-state index contributed by atoms with van der Waals surface area (Å²) in [6.07, 6.45) is 8.12. The Morgan fingerprint density at radius 1 is 1.19 bits per heavy atom. The van der Waals surface area contributed by atoms with E-state index in [1.54, 1.807) is 0 Å². The number of aliphatic imine (C=N–C) groups is 1. The van der Waals surface area contributed by atoms with Crippen molar-refractivity contribution < 1.29 is 0 Å². The van der Waals surface area contributed by atoms with E-state index in [-0.39, 0.29) is 0 Å². The minimum atomic E-state index is 1.07. The average Bonchev–Trinajstić information content (AvgIpc) is 2.29. The lowest BCUT2D eigenvalue weighted by Gasteiger charge is -2.09. The minimum Gasteiger partial charge on any atom is -0.261 e. The molecule has 0 aliphatic rings. The molecule has 0 saturated carbocycles. The van der Waals surface area contributed by atoms with Gasteiger partial charge in [0.1, 0.15) is 0 Å². The van der Waals surface area contributed by atoms with Gasteiger partial charge in [0.2, 0.25) is 0 Å². The molecule has 84 valence electrons. The number of aryl methyl sites for hydroxylation is 1. The van der Waals surface area contributed by atoms with Crippen molar-refractivity contribution in [3.8, 4) is 0 Å². The molecule has 0 saturated heterocycles. The molecule has 0 atom stereocenters. The molecule has 1 aromatic rings. The first-order valence-electron chi connectivity index (χ1n) is 5.62. The van der Waals surface area contributed by atoms with Crippen molar-refractivity contribution in [1.29, 1.82) is 0 Å². The lowest BCUT2D eigenvalue weighted by atomic mass is 10.00. The first-order chi connectivity index (χ1) is 7.74. The Morgan fingerprint density at radius 3 is 2.50 bits per heavy atom. The zero-order valence-electron chi connectivity index (χ0n) is 10.5. The molecule has 0 spiro atoms. The van der Waals surface area contributed by atoms with Crippen LogP contribution in [-0.2, 0) is 0 Å². The summed E-state index contributed by atoms with van der Waals surface area (Å²) in [6.45, 7) is 8.12. The Balaban J connectivity index is 3.37. The predicted octanol–water partition coefficient (Wildman–Crippen LogP) is 4.70. The quantitative estimate of drug-likeness (QED) is 0.510. The van der Waals surface area contributed by atoms with E-state index in [0.717, 1.165) is 5.69 Å². The van der Waals surface area contributed by atoms with Crippen LogP contribution in [0.1, 0.15) is 31.9 Å². The first kappa shape index (κ1) is 12.4. The maximum absolute atomic E-state index is 4.46. The monoisotopic (exact) mass is 213 g/mol. The van der Waals surface area contributed by atoms with Gasteiger partial charge in [0.25, 0.3) is 0 Å². The van der Waals surface area contributed by atoms with Crippen LogP contribution < -0.4 is 0 Å². The van der Waals surface area contributed by atoms with Crippen molar-refractivity contribution in [2.75, 3.05) is 0 Å². The van der Waals surface area contributed by atoms with Crippen molar-refractivity contribution in [2.24, 2.45) is 4.99 Å². The normalized spacial score (nSPS) is 12.9. The molecule has 0 heterocycles. The molecule has 0 aliphatic carbocycles. The smallest absolute Gasteiger partial charge is 0.0732 e. The lowest BCUT2D eigenvalue weighted by molar-refractivity contribution is 1.38. The third kappa shape index (κ3) is 2.69. The molecule has 0 amide bonds. The van der Waals surface area contributed by atoms with Crippen LogP contribution in [0.5, 0.6) is 0 Å². The topological polar surface area (TPSA) is 12.4 Å². The molecular weight excluding hydrogens is 194 g/mol. The Labute approximate surface area is 98.2 Å². The molecule has 1 heteroatoms. The second-order valence-electron chi connectivity index (χ2n) is 3.60. The van der Waals surface area contributed by atoms with E-state index in [2.05, 4.69) is 55.3 Å². The summed E-state index contributed by atoms with van der Waals surface area (Å²) in [5.41, 5.74) is 4.68. The van der Waals surface area contributed by atoms with Gasteiger partial charge in [-0.3, -0.25) is 4.99 Å². The van der Waals surface area contributed by atoms with Gasteiger partial charge in [-0.1, -0.05) is 36.4 Å². The lowest BCUT2D eigenvalue weighted by Crippen LogP contribution is -1.85. The molecule has 1 nitrogen and oxygen atoms in total. The molecule has 0 aliphatic heterocycles. The van der Waals surface area contributed by atoms with Crippen LogP contribution in [0.3, 0.4) is 0 Å². The highest BCUT2D eigenvalue weighted by molar-refractivity contribution is 5.83. The highest BCUT2D eigenvalue weighted by atomic mass is 14.7. The fourth-order valence-corrected chi connectivity index (χ4v) is 1.71. The van der Waals surface area contributed by atoms with Gasteiger partial charge in [0.15, 0.2) is 0 Å². The number of rotatable bonds is 3. The van der Waals surface area contributed by atoms with Crippen molar-refractivity contribution >= 4 is 17.5 Å². The number of hydrogen-bond donors (Lipinski definition) is 0. The van der Waals surface area contributed by atoms with Gasteiger partial charge >= 0.3 is 0 Å². The predicted molar refractivity (Wildman–Crippen MR) is 73.5 cm³/mol. The zero-order valence-corrected chi connectivity index (χ0v) is 10.5. The molecule has 0 fully saturated rings. The summed E-state index contributed by atoms with van der Waals surface area (Å²) < 4.78 is 0. The Bertz CT molecular complexity index is 437. The van der Waals surface area contributed by atoms with Gasteiger partial charge in [-0.25, -0.2) is 0 Å². The standard InChI is InChI=1S/C15H19N/c1-5-9-13(6-2)14-11-8-10-12(4)15(14)16-7-3/h5-11H,1-4H3/b9-5-,13-6+,16-7-. The van der Waals surface area contributed by atoms with Crippen LogP contribution in [-0.4, -0.2) is 6.21 Å². The van der Waals surface area contributed by atoms with Crippen LogP contribution >= 0.6 is 0 Å². The average molecular weight is 213 g/mol. The Hall–Kier alpha value is -1.63. The summed E-state index contributed by atoms with van der Waals surface area (Å²) in [4.78, 5) is 4.46. The molecule has 0 unspecified atom stereocenters. The van der Waals surface area contributed by atoms with E-state index in [4.69, 9.17) is 0 Å². The maximum Gasteiger partial charge on any atom is 0.0732 e. The maximum atomic E-state index is 4.46. The number of nitrogens with zero attached hydrogens (tertiary/aromatic N) is 1. The van der Waals surface area contributed by atoms with Gasteiger partial charge in [-0.15, -0.1) is 0 Å². The van der Waals surface area contributed by atoms with Crippen LogP contribution in [0.2, 0.25) is 0 Å². The van der Waals surface area contributed by atoms with E-state index in [1.165, 1.54) is 16.7 Å². The third-order valence-electron chi connectivity index (χ3n) is 2.46. The molecule has 16 heavy (non-hydrogen) atoms. The largest absolute Gasteiger partial charge is 0.261 e. The Kier molecular flexibility index (Phi) is 4.71. The molecule has 0 bridgehead atoms. The fourth-order valence-electron chi connectivity index (χ4n) is 1.71. The number of para-hydroxylation sites is 1. The van der Waals surface area contributed by atoms with Gasteiger partial charge in [0, 0.05) is 11.8 Å². The number of allylic oxidation sites excluding steroid dienone is 4. The van der Waals surface area contributed by atoms with Crippen LogP contribution in [0.25, 0.3) is 5.57 Å². The molecule has 1 aromatic carbocycles. The number of hydrogen-bond acceptors (Lipinski definition) is 1. The fraction of sp³-hybridized carbons (Fsp3) is 0.267. The number of benzene rings is 1. The second kappa shape index (κ2) is 6.06. The van der Waals surface area contributed by atoms with E-state index in [1.807, 2.05) is 20.1 Å². The molecule has 0 N–H and O–H groups in total. The van der Waals surface area contributed by atoms with Crippen molar-refractivity contribution in [3.63, 3.8) is 0 Å². The van der Waals surface area contributed by atoms with Gasteiger partial charge in [-0.05, 0) is 38.8 Å². The molecule has 0 radical (unpaired) electrons. The minimum absolute atomic E-state index is 1.07. The zero-order chi connectivity index (χ0) is 12.0. The van der Waals surface area contributed by atoms with E-state index < -0.39 is 0 Å². The SMILES string of the molecule is C/C=C\C(=C/C)c1cccc(C)c1/N=C\C. The van der Waals surface area contributed by atoms with Gasteiger partial charge < -0.3 is 0 Å². The Morgan fingerprint density at radius 2 is 1.94 bits per heavy atom. The van der Waals surface area contributed by atoms with E-state index >= 15 is 0 Å². The van der Waals surface area contributed by atoms with Gasteiger partial charge in [-0.2, -0.15) is 0 Å². The molecule has 1 rings (SSSR count). The van der Waals surface area contributed by atoms with Crippen molar-refractivity contribution in [1.82, 2.24) is 0 Å². The van der Waals surface area contributed by atoms with E-state index in [0.29, 0.717) is 0 Å². The summed E-state index contributed by atoms with van der Waals surface area (Å²) >= 11 is 0. The van der Waals surface area contributed by atoms with Crippen LogP contribution in [0, 0.1) is 6.92 Å². The summed E-state index contributed by atoms with van der Waals surface area (Å²) in [5, 5.41) is 0. The summed E-state index contributed by atoms with van der Waals surface area (Å²) in [5.74, 6) is 0. The van der Waals surface area contributed by atoms with Crippen LogP contribution in [0.15, 0.2) is 41.4 Å². The van der Waals surface area contributed by atoms with Gasteiger partial charge in [0.05, 0.1) is 5.69 Å². The summed E-state index contributed by atoms with van der Waals surface area (Å²) in [7, 11) is 0. The second-order valence-corrected chi connectivity index (χ2v) is 3.60. The molecular formula is C15H19N. The van der Waals surface area contributed by atoms with E-state index in [9.17, 15) is 0 Å². The molecule has 0 aromatic heterocycles.